The summed E-state index contributed by atoms with van der Waals surface area (Å²) in [5, 5.41) is 20.5. The molecule has 6 nitrogen and oxygen atoms in total. The lowest BCUT2D eigenvalue weighted by molar-refractivity contribution is -0.385. The van der Waals surface area contributed by atoms with Crippen molar-refractivity contribution in [3.05, 3.63) is 33.9 Å². The molecule has 1 saturated heterocycles. The molecule has 2 rings (SSSR count). The zero-order valence-corrected chi connectivity index (χ0v) is 10.00. The van der Waals surface area contributed by atoms with Crippen LogP contribution >= 0.6 is 0 Å². The van der Waals surface area contributed by atoms with Crippen LogP contribution in [0.1, 0.15) is 30.1 Å². The molecule has 1 aliphatic rings. The van der Waals surface area contributed by atoms with Gasteiger partial charge in [-0.2, -0.15) is 0 Å². The summed E-state index contributed by atoms with van der Waals surface area (Å²) in [7, 11) is 0. The molecule has 0 aromatic heterocycles. The number of hydrogen-bond acceptors (Lipinski definition) is 4. The Morgan fingerprint density at radius 2 is 2.28 bits per heavy atom. The summed E-state index contributed by atoms with van der Waals surface area (Å²) in [5.74, 6) is -0.896. The normalized spacial score (nSPS) is 18.9. The summed E-state index contributed by atoms with van der Waals surface area (Å²) < 4.78 is 0. The molecule has 1 aromatic carbocycles. The molecule has 0 bridgehead atoms. The SMILES string of the molecule is C[C@@H]1CCCN1C(=O)c1cccc([N+](=O)[O-])c1O. The number of phenols is 1. The number of benzene rings is 1. The first-order valence-corrected chi connectivity index (χ1v) is 5.79. The maximum absolute atomic E-state index is 12.2. The highest BCUT2D eigenvalue weighted by Gasteiger charge is 2.29. The largest absolute Gasteiger partial charge is 0.502 e. The van der Waals surface area contributed by atoms with Gasteiger partial charge in [0.15, 0.2) is 0 Å². The minimum absolute atomic E-state index is 0.00190. The molecule has 1 fully saturated rings. The number of nitro benzene ring substituents is 1. The van der Waals surface area contributed by atoms with E-state index in [1.54, 1.807) is 4.90 Å². The lowest BCUT2D eigenvalue weighted by Crippen LogP contribution is -2.33. The van der Waals surface area contributed by atoms with E-state index < -0.39 is 16.4 Å². The van der Waals surface area contributed by atoms with Crippen molar-refractivity contribution in [1.82, 2.24) is 4.90 Å². The van der Waals surface area contributed by atoms with E-state index in [1.807, 2.05) is 6.92 Å². The zero-order valence-electron chi connectivity index (χ0n) is 10.00. The van der Waals surface area contributed by atoms with Gasteiger partial charge in [-0.15, -0.1) is 0 Å². The first-order chi connectivity index (χ1) is 8.52. The van der Waals surface area contributed by atoms with Gasteiger partial charge < -0.3 is 10.0 Å². The summed E-state index contributed by atoms with van der Waals surface area (Å²) in [5.41, 5.74) is -0.439. The number of likely N-dealkylation sites (tertiary alicyclic amines) is 1. The van der Waals surface area contributed by atoms with Crippen LogP contribution in [0.15, 0.2) is 18.2 Å². The van der Waals surface area contributed by atoms with Gasteiger partial charge in [0, 0.05) is 18.7 Å². The fourth-order valence-electron chi connectivity index (χ4n) is 2.24. The second-order valence-electron chi connectivity index (χ2n) is 4.42. The van der Waals surface area contributed by atoms with Gasteiger partial charge in [0.05, 0.1) is 10.5 Å². The lowest BCUT2D eigenvalue weighted by Gasteiger charge is -2.21. The minimum Gasteiger partial charge on any atom is -0.502 e. The van der Waals surface area contributed by atoms with Crippen molar-refractivity contribution < 1.29 is 14.8 Å². The van der Waals surface area contributed by atoms with E-state index in [1.165, 1.54) is 18.2 Å². The Hall–Kier alpha value is -2.11. The predicted octanol–water partition coefficient (Wildman–Crippen LogP) is 1.92. The molecule has 1 atom stereocenters. The molecule has 0 aliphatic carbocycles. The van der Waals surface area contributed by atoms with Crippen molar-refractivity contribution in [2.75, 3.05) is 6.54 Å². The van der Waals surface area contributed by atoms with Crippen LogP contribution in [0, 0.1) is 10.1 Å². The molecule has 0 spiro atoms. The minimum atomic E-state index is -0.695. The Morgan fingerprint density at radius 3 is 2.83 bits per heavy atom. The molecule has 18 heavy (non-hydrogen) atoms. The van der Waals surface area contributed by atoms with Crippen molar-refractivity contribution >= 4 is 11.6 Å². The number of rotatable bonds is 2. The van der Waals surface area contributed by atoms with E-state index in [2.05, 4.69) is 0 Å². The van der Waals surface area contributed by atoms with Gasteiger partial charge in [-0.3, -0.25) is 14.9 Å². The van der Waals surface area contributed by atoms with Crippen LogP contribution < -0.4 is 0 Å². The number of carbonyl (C=O) groups is 1. The molecular formula is C12H14N2O4. The number of amides is 1. The third kappa shape index (κ3) is 2.01. The third-order valence-corrected chi connectivity index (χ3v) is 3.26. The molecule has 6 heteroatoms. The summed E-state index contributed by atoms with van der Waals surface area (Å²) >= 11 is 0. The van der Waals surface area contributed by atoms with Crippen LogP contribution in [0.3, 0.4) is 0 Å². The highest BCUT2D eigenvalue weighted by atomic mass is 16.6. The van der Waals surface area contributed by atoms with Crippen LogP contribution in [0.2, 0.25) is 0 Å². The van der Waals surface area contributed by atoms with Gasteiger partial charge in [-0.05, 0) is 25.8 Å². The molecule has 1 amide bonds. The van der Waals surface area contributed by atoms with E-state index in [0.717, 1.165) is 12.8 Å². The topological polar surface area (TPSA) is 83.7 Å². The number of nitrogens with zero attached hydrogens (tertiary/aromatic N) is 2. The summed E-state index contributed by atoms with van der Waals surface area (Å²) in [6.45, 7) is 2.56. The Kier molecular flexibility index (Phi) is 3.18. The molecule has 1 N–H and O–H groups in total. The number of phenolic OH excluding ortho intramolecular Hbond substituents is 1. The standard InChI is InChI=1S/C12H14N2O4/c1-8-4-3-7-13(8)12(16)9-5-2-6-10(11(9)15)14(17)18/h2,5-6,8,15H,3-4,7H2,1H3/t8-/m1/s1. The maximum atomic E-state index is 12.2. The van der Waals surface area contributed by atoms with Gasteiger partial charge in [0.25, 0.3) is 5.91 Å². The van der Waals surface area contributed by atoms with Crippen molar-refractivity contribution in [3.8, 4) is 5.75 Å². The average molecular weight is 250 g/mol. The second-order valence-corrected chi connectivity index (χ2v) is 4.42. The predicted molar refractivity (Wildman–Crippen MR) is 64.5 cm³/mol. The van der Waals surface area contributed by atoms with Crippen LogP contribution in [-0.2, 0) is 0 Å². The zero-order chi connectivity index (χ0) is 13.3. The molecule has 1 heterocycles. The van der Waals surface area contributed by atoms with E-state index in [4.69, 9.17) is 0 Å². The first-order valence-electron chi connectivity index (χ1n) is 5.79. The quantitative estimate of drug-likeness (QED) is 0.642. The second kappa shape index (κ2) is 4.64. The van der Waals surface area contributed by atoms with Crippen molar-refractivity contribution in [2.45, 2.75) is 25.8 Å². The van der Waals surface area contributed by atoms with Crippen LogP contribution in [-0.4, -0.2) is 33.4 Å². The Balaban J connectivity index is 2.36. The molecule has 1 aliphatic heterocycles. The summed E-state index contributed by atoms with van der Waals surface area (Å²) in [6, 6.07) is 4.11. The number of hydrogen-bond donors (Lipinski definition) is 1. The van der Waals surface area contributed by atoms with Crippen LogP contribution in [0.4, 0.5) is 5.69 Å². The van der Waals surface area contributed by atoms with Gasteiger partial charge >= 0.3 is 5.69 Å². The van der Waals surface area contributed by atoms with Crippen LogP contribution in [0.25, 0.3) is 0 Å². The van der Waals surface area contributed by atoms with Crippen molar-refractivity contribution in [2.24, 2.45) is 0 Å². The van der Waals surface area contributed by atoms with Gasteiger partial charge in [-0.25, -0.2) is 0 Å². The molecule has 1 aromatic rings. The summed E-state index contributed by atoms with van der Waals surface area (Å²) in [6.07, 6.45) is 1.84. The molecule has 0 unspecified atom stereocenters. The highest BCUT2D eigenvalue weighted by Crippen LogP contribution is 2.31. The Labute approximate surface area is 104 Å². The van der Waals surface area contributed by atoms with Gasteiger partial charge in [0.2, 0.25) is 5.75 Å². The maximum Gasteiger partial charge on any atom is 0.311 e. The summed E-state index contributed by atoms with van der Waals surface area (Å²) in [4.78, 5) is 23.8. The fourth-order valence-corrected chi connectivity index (χ4v) is 2.24. The van der Waals surface area contributed by atoms with Crippen LogP contribution in [0.5, 0.6) is 5.75 Å². The van der Waals surface area contributed by atoms with Gasteiger partial charge in [-0.1, -0.05) is 6.07 Å². The van der Waals surface area contributed by atoms with E-state index in [9.17, 15) is 20.0 Å². The Morgan fingerprint density at radius 1 is 1.56 bits per heavy atom. The highest BCUT2D eigenvalue weighted by molar-refractivity contribution is 5.98. The van der Waals surface area contributed by atoms with E-state index >= 15 is 0 Å². The lowest BCUT2D eigenvalue weighted by atomic mass is 10.1. The fraction of sp³-hybridized carbons (Fsp3) is 0.417. The number of aromatic hydroxyl groups is 1. The molecule has 96 valence electrons. The third-order valence-electron chi connectivity index (χ3n) is 3.26. The van der Waals surface area contributed by atoms with Crippen molar-refractivity contribution in [3.63, 3.8) is 0 Å². The Bertz CT molecular complexity index is 501. The first kappa shape index (κ1) is 12.3. The average Bonchev–Trinajstić information content (AvgIpc) is 2.74. The number of nitro groups is 1. The van der Waals surface area contributed by atoms with Gasteiger partial charge in [0.1, 0.15) is 0 Å². The van der Waals surface area contributed by atoms with E-state index in [-0.39, 0.29) is 17.5 Å². The van der Waals surface area contributed by atoms with Crippen molar-refractivity contribution in [1.29, 1.82) is 0 Å². The molecule has 0 radical (unpaired) electrons. The number of carbonyl (C=O) groups excluding carboxylic acids is 1. The smallest absolute Gasteiger partial charge is 0.311 e. The monoisotopic (exact) mass is 250 g/mol. The number of para-hydroxylation sites is 1. The molecule has 0 saturated carbocycles. The molecular weight excluding hydrogens is 236 g/mol. The van der Waals surface area contributed by atoms with E-state index in [0.29, 0.717) is 6.54 Å².